The highest BCUT2D eigenvalue weighted by atomic mass is 35.5. The van der Waals surface area contributed by atoms with E-state index < -0.39 is 0 Å². The summed E-state index contributed by atoms with van der Waals surface area (Å²) in [6.07, 6.45) is 0. The zero-order valence-corrected chi connectivity index (χ0v) is 14.7. The number of nitrogens with one attached hydrogen (secondary N) is 1. The van der Waals surface area contributed by atoms with Crippen molar-refractivity contribution in [1.29, 1.82) is 0 Å². The maximum Gasteiger partial charge on any atom is 0.234 e. The Morgan fingerprint density at radius 2 is 1.82 bits per heavy atom. The van der Waals surface area contributed by atoms with Crippen LogP contribution in [0.5, 0.6) is 0 Å². The molecule has 116 valence electrons. The van der Waals surface area contributed by atoms with Gasteiger partial charge in [0.25, 0.3) is 0 Å². The van der Waals surface area contributed by atoms with Gasteiger partial charge in [-0.15, -0.1) is 0 Å². The lowest BCUT2D eigenvalue weighted by atomic mass is 10.2. The molecule has 0 aliphatic carbocycles. The van der Waals surface area contributed by atoms with Gasteiger partial charge in [-0.1, -0.05) is 35.0 Å². The summed E-state index contributed by atoms with van der Waals surface area (Å²) in [6, 6.07) is 4.92. The lowest BCUT2D eigenvalue weighted by Crippen LogP contribution is -2.14. The summed E-state index contributed by atoms with van der Waals surface area (Å²) in [7, 11) is 0. The largest absolute Gasteiger partial charge is 0.324 e. The van der Waals surface area contributed by atoms with Crippen molar-refractivity contribution in [3.63, 3.8) is 0 Å². The van der Waals surface area contributed by atoms with Crippen LogP contribution in [0, 0.1) is 20.8 Å². The minimum Gasteiger partial charge on any atom is -0.324 e. The Morgan fingerprint density at radius 3 is 2.45 bits per heavy atom. The fourth-order valence-corrected chi connectivity index (χ4v) is 2.79. The Labute approximate surface area is 143 Å². The second-order valence-electron chi connectivity index (χ2n) is 4.76. The zero-order chi connectivity index (χ0) is 16.3. The summed E-state index contributed by atoms with van der Waals surface area (Å²) in [5, 5.41) is 4.28. The molecule has 2 aromatic rings. The maximum absolute atomic E-state index is 12.0. The number of carbonyl (C=O) groups excluding carboxylic acids is 1. The van der Waals surface area contributed by atoms with Crippen molar-refractivity contribution in [2.75, 3.05) is 11.1 Å². The Morgan fingerprint density at radius 1 is 1.18 bits per heavy atom. The van der Waals surface area contributed by atoms with Gasteiger partial charge in [0.15, 0.2) is 5.16 Å². The van der Waals surface area contributed by atoms with Crippen LogP contribution in [0.3, 0.4) is 0 Å². The van der Waals surface area contributed by atoms with Crippen molar-refractivity contribution in [3.8, 4) is 0 Å². The molecule has 0 bridgehead atoms. The van der Waals surface area contributed by atoms with Gasteiger partial charge in [-0.2, -0.15) is 0 Å². The predicted molar refractivity (Wildman–Crippen MR) is 92.1 cm³/mol. The van der Waals surface area contributed by atoms with E-state index in [1.807, 2.05) is 20.8 Å². The Hall–Kier alpha value is -1.30. The van der Waals surface area contributed by atoms with E-state index in [-0.39, 0.29) is 11.7 Å². The number of hydrogen-bond donors (Lipinski definition) is 1. The Kier molecular flexibility index (Phi) is 5.67. The van der Waals surface area contributed by atoms with Crippen molar-refractivity contribution in [2.45, 2.75) is 25.9 Å². The number of amides is 1. The number of thioether (sulfide) groups is 1. The smallest absolute Gasteiger partial charge is 0.234 e. The van der Waals surface area contributed by atoms with Gasteiger partial charge in [0.1, 0.15) is 0 Å². The summed E-state index contributed by atoms with van der Waals surface area (Å²) in [5.74, 6) is 0.0128. The summed E-state index contributed by atoms with van der Waals surface area (Å²) in [4.78, 5) is 20.7. The van der Waals surface area contributed by atoms with Crippen LogP contribution < -0.4 is 5.32 Å². The number of aromatic nitrogens is 2. The molecule has 0 atom stereocenters. The van der Waals surface area contributed by atoms with Crippen molar-refractivity contribution < 1.29 is 4.79 Å². The van der Waals surface area contributed by atoms with Gasteiger partial charge in [-0.25, -0.2) is 9.97 Å². The third-order valence-electron chi connectivity index (χ3n) is 3.15. The van der Waals surface area contributed by atoms with E-state index in [1.165, 1.54) is 11.8 Å². The Balaban J connectivity index is 2.00. The first-order valence-electron chi connectivity index (χ1n) is 6.56. The average molecular weight is 356 g/mol. The monoisotopic (exact) mass is 355 g/mol. The zero-order valence-electron chi connectivity index (χ0n) is 12.4. The molecule has 0 aliphatic rings. The maximum atomic E-state index is 12.0. The molecule has 7 heteroatoms. The van der Waals surface area contributed by atoms with Crippen LogP contribution in [0.15, 0.2) is 23.4 Å². The van der Waals surface area contributed by atoms with Crippen LogP contribution in [0.1, 0.15) is 17.0 Å². The minimum absolute atomic E-state index is 0.186. The molecule has 0 radical (unpaired) electrons. The highest BCUT2D eigenvalue weighted by Crippen LogP contribution is 2.26. The van der Waals surface area contributed by atoms with Gasteiger partial charge in [-0.05, 0) is 44.5 Å². The third kappa shape index (κ3) is 4.35. The molecule has 1 aromatic carbocycles. The van der Waals surface area contributed by atoms with Gasteiger partial charge in [0, 0.05) is 16.4 Å². The van der Waals surface area contributed by atoms with Crippen LogP contribution >= 0.6 is 35.0 Å². The molecule has 1 heterocycles. The molecule has 1 N–H and O–H groups in total. The van der Waals surface area contributed by atoms with E-state index >= 15 is 0 Å². The number of halogens is 2. The topological polar surface area (TPSA) is 54.9 Å². The number of hydrogen-bond acceptors (Lipinski definition) is 4. The highest BCUT2D eigenvalue weighted by molar-refractivity contribution is 7.99. The standard InChI is InChI=1S/C15H15Cl2N3OS/c1-8-9(2)18-15(19-10(8)3)22-7-14(21)20-13-6-11(16)4-5-12(13)17/h4-6H,7H2,1-3H3,(H,20,21). The molecule has 0 spiro atoms. The van der Waals surface area contributed by atoms with Gasteiger partial charge in [-0.3, -0.25) is 4.79 Å². The van der Waals surface area contributed by atoms with Crippen molar-refractivity contribution >= 4 is 46.6 Å². The summed E-state index contributed by atoms with van der Waals surface area (Å²) >= 11 is 13.2. The molecular formula is C15H15Cl2N3OS. The van der Waals surface area contributed by atoms with Gasteiger partial charge < -0.3 is 5.32 Å². The molecule has 0 fully saturated rings. The van der Waals surface area contributed by atoms with Crippen LogP contribution in [0.2, 0.25) is 10.0 Å². The molecule has 1 aromatic heterocycles. The van der Waals surface area contributed by atoms with Gasteiger partial charge >= 0.3 is 0 Å². The fraction of sp³-hybridized carbons (Fsp3) is 0.267. The lowest BCUT2D eigenvalue weighted by Gasteiger charge is -2.08. The van der Waals surface area contributed by atoms with Crippen molar-refractivity contribution in [1.82, 2.24) is 9.97 Å². The number of benzene rings is 1. The molecule has 0 aliphatic heterocycles. The van der Waals surface area contributed by atoms with Crippen LogP contribution in [0.4, 0.5) is 5.69 Å². The van der Waals surface area contributed by atoms with E-state index in [0.29, 0.717) is 20.9 Å². The molecule has 4 nitrogen and oxygen atoms in total. The second-order valence-corrected chi connectivity index (χ2v) is 6.55. The predicted octanol–water partition coefficient (Wildman–Crippen LogP) is 4.44. The second kappa shape index (κ2) is 7.31. The fourth-order valence-electron chi connectivity index (χ4n) is 1.72. The van der Waals surface area contributed by atoms with E-state index in [1.54, 1.807) is 18.2 Å². The molecular weight excluding hydrogens is 341 g/mol. The van der Waals surface area contributed by atoms with Crippen molar-refractivity contribution in [3.05, 3.63) is 45.2 Å². The van der Waals surface area contributed by atoms with E-state index in [2.05, 4.69) is 15.3 Å². The number of rotatable bonds is 4. The van der Waals surface area contributed by atoms with Crippen LogP contribution in [-0.2, 0) is 4.79 Å². The average Bonchev–Trinajstić information content (AvgIpc) is 2.46. The first kappa shape index (κ1) is 17.1. The summed E-state index contributed by atoms with van der Waals surface area (Å²) < 4.78 is 0. The minimum atomic E-state index is -0.186. The number of nitrogens with zero attached hydrogens (tertiary/aromatic N) is 2. The SMILES string of the molecule is Cc1nc(SCC(=O)Nc2cc(Cl)ccc2Cl)nc(C)c1C. The summed E-state index contributed by atoms with van der Waals surface area (Å²) in [5.41, 5.74) is 3.41. The molecule has 2 rings (SSSR count). The van der Waals surface area contributed by atoms with E-state index in [0.717, 1.165) is 17.0 Å². The van der Waals surface area contributed by atoms with Crippen LogP contribution in [0.25, 0.3) is 0 Å². The lowest BCUT2D eigenvalue weighted by molar-refractivity contribution is -0.113. The number of carbonyl (C=O) groups is 1. The molecule has 0 unspecified atom stereocenters. The van der Waals surface area contributed by atoms with Gasteiger partial charge in [0.2, 0.25) is 5.91 Å². The molecule has 1 amide bonds. The summed E-state index contributed by atoms with van der Waals surface area (Å²) in [6.45, 7) is 5.84. The number of anilines is 1. The van der Waals surface area contributed by atoms with Crippen molar-refractivity contribution in [2.24, 2.45) is 0 Å². The Bertz CT molecular complexity index is 699. The van der Waals surface area contributed by atoms with E-state index in [9.17, 15) is 4.79 Å². The first-order valence-corrected chi connectivity index (χ1v) is 8.30. The van der Waals surface area contributed by atoms with E-state index in [4.69, 9.17) is 23.2 Å². The molecule has 0 saturated heterocycles. The van der Waals surface area contributed by atoms with Crippen LogP contribution in [-0.4, -0.2) is 21.6 Å². The normalized spacial score (nSPS) is 10.6. The third-order valence-corrected chi connectivity index (χ3v) is 4.56. The molecule has 0 saturated carbocycles. The first-order chi connectivity index (χ1) is 10.4. The van der Waals surface area contributed by atoms with Gasteiger partial charge in [0.05, 0.1) is 16.5 Å². The highest BCUT2D eigenvalue weighted by Gasteiger charge is 2.10. The quantitative estimate of drug-likeness (QED) is 0.650. The molecule has 22 heavy (non-hydrogen) atoms. The number of aryl methyl sites for hydroxylation is 2.